The molecular weight excluding hydrogens is 411 g/mol. The lowest BCUT2D eigenvalue weighted by Crippen LogP contribution is -2.33. The van der Waals surface area contributed by atoms with Crippen molar-refractivity contribution < 1.29 is 18.0 Å². The number of H-pyrrole nitrogens is 1. The van der Waals surface area contributed by atoms with Crippen LogP contribution in [0.15, 0.2) is 36.5 Å². The number of alkyl halides is 3. The minimum Gasteiger partial charge on any atom is -0.366 e. The van der Waals surface area contributed by atoms with E-state index in [1.165, 1.54) is 6.07 Å². The smallest absolute Gasteiger partial charge is 0.366 e. The van der Waals surface area contributed by atoms with E-state index < -0.39 is 17.9 Å². The van der Waals surface area contributed by atoms with Gasteiger partial charge < -0.3 is 15.6 Å². The first-order chi connectivity index (χ1) is 14.8. The SMILES string of the molecule is NC(=O)c1ccc2[nH]cc(C3CCN(c4ccc5nnc(C(F)(F)F)n5n4)CC3)c2c1. The lowest BCUT2D eigenvalue weighted by atomic mass is 9.89. The molecule has 11 heteroatoms. The Balaban J connectivity index is 1.38. The summed E-state index contributed by atoms with van der Waals surface area (Å²) >= 11 is 0. The van der Waals surface area contributed by atoms with Crippen molar-refractivity contribution in [2.75, 3.05) is 18.0 Å². The second kappa shape index (κ2) is 6.96. The predicted molar refractivity (Wildman–Crippen MR) is 107 cm³/mol. The lowest BCUT2D eigenvalue weighted by Gasteiger charge is -2.32. The number of halogens is 3. The Morgan fingerprint density at radius 3 is 2.61 bits per heavy atom. The number of piperidine rings is 1. The summed E-state index contributed by atoms with van der Waals surface area (Å²) in [5.41, 5.74) is 7.96. The van der Waals surface area contributed by atoms with Gasteiger partial charge in [0, 0.05) is 35.8 Å². The Morgan fingerprint density at radius 2 is 1.90 bits per heavy atom. The third kappa shape index (κ3) is 3.35. The van der Waals surface area contributed by atoms with Crippen molar-refractivity contribution in [2.45, 2.75) is 24.9 Å². The first kappa shape index (κ1) is 19.3. The molecule has 1 saturated heterocycles. The highest BCUT2D eigenvalue weighted by Crippen LogP contribution is 2.35. The molecule has 5 rings (SSSR count). The van der Waals surface area contributed by atoms with Crippen molar-refractivity contribution in [3.63, 3.8) is 0 Å². The molecule has 31 heavy (non-hydrogen) atoms. The van der Waals surface area contributed by atoms with Gasteiger partial charge in [-0.3, -0.25) is 4.79 Å². The average molecular weight is 429 g/mol. The number of benzene rings is 1. The van der Waals surface area contributed by atoms with Gasteiger partial charge in [0.2, 0.25) is 5.91 Å². The molecule has 0 spiro atoms. The van der Waals surface area contributed by atoms with Gasteiger partial charge in [0.05, 0.1) is 0 Å². The van der Waals surface area contributed by atoms with E-state index in [0.29, 0.717) is 24.5 Å². The number of rotatable bonds is 3. The second-order valence-corrected chi connectivity index (χ2v) is 7.61. The van der Waals surface area contributed by atoms with Crippen LogP contribution in [0.3, 0.4) is 0 Å². The van der Waals surface area contributed by atoms with Crippen LogP contribution < -0.4 is 10.6 Å². The normalized spacial score (nSPS) is 15.8. The van der Waals surface area contributed by atoms with Crippen LogP contribution in [-0.2, 0) is 6.18 Å². The van der Waals surface area contributed by atoms with Gasteiger partial charge in [-0.1, -0.05) is 0 Å². The molecule has 1 aromatic carbocycles. The number of nitrogens with one attached hydrogen (secondary N) is 1. The number of primary amides is 1. The molecule has 8 nitrogen and oxygen atoms in total. The summed E-state index contributed by atoms with van der Waals surface area (Å²) in [4.78, 5) is 16.7. The minimum atomic E-state index is -4.63. The summed E-state index contributed by atoms with van der Waals surface area (Å²) in [5, 5.41) is 11.9. The van der Waals surface area contributed by atoms with E-state index in [1.54, 1.807) is 18.2 Å². The highest BCUT2D eigenvalue weighted by Gasteiger charge is 2.38. The maximum absolute atomic E-state index is 13.1. The van der Waals surface area contributed by atoms with E-state index >= 15 is 0 Å². The van der Waals surface area contributed by atoms with E-state index in [0.717, 1.165) is 33.8 Å². The zero-order valence-electron chi connectivity index (χ0n) is 16.2. The largest absolute Gasteiger partial charge is 0.453 e. The monoisotopic (exact) mass is 429 g/mol. The molecule has 1 amide bonds. The summed E-state index contributed by atoms with van der Waals surface area (Å²) < 4.78 is 40.1. The van der Waals surface area contributed by atoms with Gasteiger partial charge in [-0.2, -0.15) is 17.7 Å². The summed E-state index contributed by atoms with van der Waals surface area (Å²) in [6.45, 7) is 1.27. The third-order valence-electron chi connectivity index (χ3n) is 5.76. The summed E-state index contributed by atoms with van der Waals surface area (Å²) in [7, 11) is 0. The number of hydrogen-bond donors (Lipinski definition) is 2. The van der Waals surface area contributed by atoms with Crippen LogP contribution in [-0.4, -0.2) is 43.8 Å². The molecule has 3 aromatic heterocycles. The van der Waals surface area contributed by atoms with Gasteiger partial charge in [0.15, 0.2) is 5.65 Å². The number of carbonyl (C=O) groups is 1. The highest BCUT2D eigenvalue weighted by molar-refractivity contribution is 5.98. The van der Waals surface area contributed by atoms with Crippen LogP contribution >= 0.6 is 0 Å². The molecule has 160 valence electrons. The molecule has 3 N–H and O–H groups in total. The Morgan fingerprint density at radius 1 is 1.13 bits per heavy atom. The van der Waals surface area contributed by atoms with Gasteiger partial charge in [-0.15, -0.1) is 15.3 Å². The number of carbonyl (C=O) groups excluding carboxylic acids is 1. The van der Waals surface area contributed by atoms with Gasteiger partial charge >= 0.3 is 6.18 Å². The Hall–Kier alpha value is -3.63. The number of nitrogens with zero attached hydrogens (tertiary/aromatic N) is 5. The number of amides is 1. The molecule has 1 aliphatic rings. The molecule has 0 radical (unpaired) electrons. The number of nitrogens with two attached hydrogens (primary N) is 1. The summed E-state index contributed by atoms with van der Waals surface area (Å²) in [6.07, 6.45) is -1.09. The molecule has 0 aliphatic carbocycles. The molecule has 0 bridgehead atoms. The summed E-state index contributed by atoms with van der Waals surface area (Å²) in [5.74, 6) is -0.912. The fourth-order valence-electron chi connectivity index (χ4n) is 4.18. The topological polar surface area (TPSA) is 105 Å². The van der Waals surface area contributed by atoms with Crippen molar-refractivity contribution in [2.24, 2.45) is 5.73 Å². The number of aromatic nitrogens is 5. The zero-order valence-corrected chi connectivity index (χ0v) is 16.2. The van der Waals surface area contributed by atoms with E-state index in [4.69, 9.17) is 5.73 Å². The highest BCUT2D eigenvalue weighted by atomic mass is 19.4. The Labute approximate surface area is 173 Å². The van der Waals surface area contributed by atoms with Crippen molar-refractivity contribution >= 4 is 28.3 Å². The summed E-state index contributed by atoms with van der Waals surface area (Å²) in [6, 6.07) is 8.48. The molecule has 0 saturated carbocycles. The maximum Gasteiger partial charge on any atom is 0.453 e. The number of hydrogen-bond acceptors (Lipinski definition) is 5. The average Bonchev–Trinajstić information content (AvgIpc) is 3.37. The molecule has 1 fully saturated rings. The van der Waals surface area contributed by atoms with Crippen LogP contribution in [0.25, 0.3) is 16.6 Å². The van der Waals surface area contributed by atoms with Crippen LogP contribution in [0, 0.1) is 0 Å². The zero-order chi connectivity index (χ0) is 21.8. The van der Waals surface area contributed by atoms with E-state index in [-0.39, 0.29) is 11.6 Å². The minimum absolute atomic E-state index is 0.0509. The predicted octanol–water partition coefficient (Wildman–Crippen LogP) is 3.11. The Bertz CT molecular complexity index is 1290. The molecule has 0 atom stereocenters. The molecule has 4 aromatic rings. The fourth-order valence-corrected chi connectivity index (χ4v) is 4.18. The molecular formula is C20H18F3N7O. The van der Waals surface area contributed by atoms with E-state index in [1.807, 2.05) is 17.2 Å². The molecule has 4 heterocycles. The standard InChI is InChI=1S/C20H18F3N7O/c21-20(22,23)19-27-26-16-3-4-17(28-30(16)19)29-7-5-11(6-8-29)14-10-25-15-2-1-12(18(24)31)9-13(14)15/h1-4,9-11,25H,5-8H2,(H2,24,31). The first-order valence-electron chi connectivity index (χ1n) is 9.77. The number of fused-ring (bicyclic) bond motifs is 2. The third-order valence-corrected chi connectivity index (χ3v) is 5.76. The van der Waals surface area contributed by atoms with Crippen LogP contribution in [0.5, 0.6) is 0 Å². The maximum atomic E-state index is 13.1. The second-order valence-electron chi connectivity index (χ2n) is 7.61. The van der Waals surface area contributed by atoms with Gasteiger partial charge in [-0.25, -0.2) is 0 Å². The van der Waals surface area contributed by atoms with E-state index in [9.17, 15) is 18.0 Å². The lowest BCUT2D eigenvalue weighted by molar-refractivity contribution is -0.146. The van der Waals surface area contributed by atoms with Crippen LogP contribution in [0.2, 0.25) is 0 Å². The van der Waals surface area contributed by atoms with Crippen molar-refractivity contribution in [3.8, 4) is 0 Å². The van der Waals surface area contributed by atoms with Crippen LogP contribution in [0.1, 0.15) is 40.5 Å². The van der Waals surface area contributed by atoms with Gasteiger partial charge in [0.25, 0.3) is 5.82 Å². The molecule has 0 unspecified atom stereocenters. The van der Waals surface area contributed by atoms with Crippen molar-refractivity contribution in [3.05, 3.63) is 53.5 Å². The van der Waals surface area contributed by atoms with Gasteiger partial charge in [0.1, 0.15) is 5.82 Å². The number of aromatic amines is 1. The quantitative estimate of drug-likeness (QED) is 0.521. The first-order valence-corrected chi connectivity index (χ1v) is 9.77. The Kier molecular flexibility index (Phi) is 4.34. The van der Waals surface area contributed by atoms with Gasteiger partial charge in [-0.05, 0) is 54.7 Å². The number of anilines is 1. The van der Waals surface area contributed by atoms with Crippen molar-refractivity contribution in [1.82, 2.24) is 24.8 Å². The fraction of sp³-hybridized carbons (Fsp3) is 0.300. The van der Waals surface area contributed by atoms with E-state index in [2.05, 4.69) is 20.3 Å². The molecule has 1 aliphatic heterocycles. The van der Waals surface area contributed by atoms with Crippen LogP contribution in [0.4, 0.5) is 19.0 Å². The van der Waals surface area contributed by atoms with Crippen molar-refractivity contribution in [1.29, 1.82) is 0 Å².